The molecule has 0 aliphatic carbocycles. The van der Waals surface area contributed by atoms with E-state index in [9.17, 15) is 5.11 Å². The summed E-state index contributed by atoms with van der Waals surface area (Å²) in [4.78, 5) is 0. The van der Waals surface area contributed by atoms with Gasteiger partial charge in [0.2, 0.25) is 0 Å². The third-order valence-electron chi connectivity index (χ3n) is 3.04. The SMILES string of the molecule is CC1SCCC1(O)c1ccc(C#N)cc1. The van der Waals surface area contributed by atoms with Gasteiger partial charge in [0, 0.05) is 5.25 Å². The summed E-state index contributed by atoms with van der Waals surface area (Å²) in [5.74, 6) is 0.998. The summed E-state index contributed by atoms with van der Waals surface area (Å²) in [6, 6.07) is 9.34. The standard InChI is InChI=1S/C12H13NOS/c1-9-12(14,6-7-15-9)11-4-2-10(8-13)3-5-11/h2-5,9,14H,6-7H2,1H3. The average Bonchev–Trinajstić information content (AvgIpc) is 2.61. The van der Waals surface area contributed by atoms with Crippen molar-refractivity contribution >= 4 is 11.8 Å². The summed E-state index contributed by atoms with van der Waals surface area (Å²) < 4.78 is 0. The zero-order chi connectivity index (χ0) is 10.9. The average molecular weight is 219 g/mol. The number of hydrogen-bond donors (Lipinski definition) is 1. The molecule has 2 atom stereocenters. The highest BCUT2D eigenvalue weighted by Crippen LogP contribution is 2.42. The molecule has 0 aromatic heterocycles. The van der Waals surface area contributed by atoms with Gasteiger partial charge < -0.3 is 5.11 Å². The van der Waals surface area contributed by atoms with Gasteiger partial charge in [-0.2, -0.15) is 17.0 Å². The molecule has 0 amide bonds. The molecule has 0 spiro atoms. The minimum absolute atomic E-state index is 0.227. The maximum atomic E-state index is 10.5. The van der Waals surface area contributed by atoms with Crippen LogP contribution in [0.1, 0.15) is 24.5 Å². The Morgan fingerprint density at radius 3 is 2.60 bits per heavy atom. The van der Waals surface area contributed by atoms with Gasteiger partial charge in [-0.25, -0.2) is 0 Å². The monoisotopic (exact) mass is 219 g/mol. The number of rotatable bonds is 1. The maximum absolute atomic E-state index is 10.5. The van der Waals surface area contributed by atoms with Gasteiger partial charge in [0.05, 0.1) is 11.6 Å². The molecule has 78 valence electrons. The molecule has 15 heavy (non-hydrogen) atoms. The van der Waals surface area contributed by atoms with Crippen molar-refractivity contribution in [3.63, 3.8) is 0 Å². The highest BCUT2D eigenvalue weighted by atomic mass is 32.2. The van der Waals surface area contributed by atoms with E-state index in [1.165, 1.54) is 0 Å². The van der Waals surface area contributed by atoms with Gasteiger partial charge in [-0.15, -0.1) is 0 Å². The van der Waals surface area contributed by atoms with Gasteiger partial charge in [0.15, 0.2) is 0 Å². The Bertz CT molecular complexity index is 395. The molecule has 1 fully saturated rings. The first-order valence-electron chi connectivity index (χ1n) is 5.01. The summed E-state index contributed by atoms with van der Waals surface area (Å²) in [6.07, 6.45) is 0.796. The van der Waals surface area contributed by atoms with E-state index in [4.69, 9.17) is 5.26 Å². The zero-order valence-electron chi connectivity index (χ0n) is 8.60. The van der Waals surface area contributed by atoms with Crippen molar-refractivity contribution in [1.29, 1.82) is 5.26 Å². The molecule has 2 rings (SSSR count). The van der Waals surface area contributed by atoms with Crippen LogP contribution in [0, 0.1) is 11.3 Å². The first kappa shape index (κ1) is 10.5. The number of nitrogens with zero attached hydrogens (tertiary/aromatic N) is 1. The van der Waals surface area contributed by atoms with E-state index in [1.807, 2.05) is 12.1 Å². The third kappa shape index (κ3) is 1.75. The van der Waals surface area contributed by atoms with Crippen LogP contribution in [0.15, 0.2) is 24.3 Å². The van der Waals surface area contributed by atoms with Crippen LogP contribution < -0.4 is 0 Å². The lowest BCUT2D eigenvalue weighted by molar-refractivity contribution is 0.0427. The largest absolute Gasteiger partial charge is 0.384 e. The number of benzene rings is 1. The Balaban J connectivity index is 2.33. The van der Waals surface area contributed by atoms with E-state index in [-0.39, 0.29) is 5.25 Å². The van der Waals surface area contributed by atoms with Gasteiger partial charge >= 0.3 is 0 Å². The Morgan fingerprint density at radius 1 is 1.47 bits per heavy atom. The van der Waals surface area contributed by atoms with E-state index in [2.05, 4.69) is 13.0 Å². The fourth-order valence-corrected chi connectivity index (χ4v) is 3.26. The number of thioether (sulfide) groups is 1. The summed E-state index contributed by atoms with van der Waals surface area (Å²) in [5.41, 5.74) is 0.859. The molecule has 3 heteroatoms. The van der Waals surface area contributed by atoms with Gasteiger partial charge in [-0.1, -0.05) is 19.1 Å². The predicted molar refractivity (Wildman–Crippen MR) is 61.6 cm³/mol. The molecule has 1 saturated heterocycles. The molecule has 1 aliphatic heterocycles. The van der Waals surface area contributed by atoms with Crippen LogP contribution in [-0.4, -0.2) is 16.1 Å². The van der Waals surface area contributed by atoms with E-state index in [0.29, 0.717) is 5.56 Å². The van der Waals surface area contributed by atoms with Crippen molar-refractivity contribution < 1.29 is 5.11 Å². The molecule has 1 aromatic rings. The third-order valence-corrected chi connectivity index (χ3v) is 4.37. The molecular weight excluding hydrogens is 206 g/mol. The Hall–Kier alpha value is -0.980. The van der Waals surface area contributed by atoms with E-state index < -0.39 is 5.60 Å². The fraction of sp³-hybridized carbons (Fsp3) is 0.417. The van der Waals surface area contributed by atoms with Crippen LogP contribution in [0.5, 0.6) is 0 Å². The molecule has 0 radical (unpaired) electrons. The van der Waals surface area contributed by atoms with Crippen molar-refractivity contribution in [2.45, 2.75) is 24.2 Å². The Morgan fingerprint density at radius 2 is 2.13 bits per heavy atom. The molecule has 2 unspecified atom stereocenters. The van der Waals surface area contributed by atoms with Crippen LogP contribution in [0.4, 0.5) is 0 Å². The van der Waals surface area contributed by atoms with E-state index in [1.54, 1.807) is 23.9 Å². The van der Waals surface area contributed by atoms with Crippen molar-refractivity contribution in [3.8, 4) is 6.07 Å². The fourth-order valence-electron chi connectivity index (χ4n) is 1.94. The Labute approximate surface area is 93.9 Å². The molecular formula is C12H13NOS. The molecule has 1 aliphatic rings. The van der Waals surface area contributed by atoms with Crippen molar-refractivity contribution in [3.05, 3.63) is 35.4 Å². The van der Waals surface area contributed by atoms with E-state index in [0.717, 1.165) is 17.7 Å². The van der Waals surface area contributed by atoms with Crippen LogP contribution in [0.25, 0.3) is 0 Å². The van der Waals surface area contributed by atoms with Gasteiger partial charge in [-0.3, -0.25) is 0 Å². The lowest BCUT2D eigenvalue weighted by Gasteiger charge is -2.27. The van der Waals surface area contributed by atoms with Gasteiger partial charge in [0.1, 0.15) is 5.60 Å². The number of nitriles is 1. The molecule has 1 heterocycles. The van der Waals surface area contributed by atoms with Crippen LogP contribution in [0.3, 0.4) is 0 Å². The topological polar surface area (TPSA) is 44.0 Å². The van der Waals surface area contributed by atoms with Crippen LogP contribution in [-0.2, 0) is 5.60 Å². The molecule has 1 aromatic carbocycles. The normalized spacial score (nSPS) is 30.1. The highest BCUT2D eigenvalue weighted by Gasteiger charge is 2.40. The van der Waals surface area contributed by atoms with Crippen LogP contribution >= 0.6 is 11.8 Å². The first-order chi connectivity index (χ1) is 7.16. The zero-order valence-corrected chi connectivity index (χ0v) is 9.42. The Kier molecular flexibility index (Phi) is 2.72. The smallest absolute Gasteiger partial charge is 0.102 e. The maximum Gasteiger partial charge on any atom is 0.102 e. The second-order valence-corrected chi connectivity index (χ2v) is 5.33. The molecule has 2 nitrogen and oxygen atoms in total. The lowest BCUT2D eigenvalue weighted by atomic mass is 9.88. The second-order valence-electron chi connectivity index (χ2n) is 3.88. The summed E-state index contributed by atoms with van der Waals surface area (Å²) in [6.45, 7) is 2.05. The summed E-state index contributed by atoms with van der Waals surface area (Å²) in [7, 11) is 0. The van der Waals surface area contributed by atoms with Gasteiger partial charge in [-0.05, 0) is 29.9 Å². The summed E-state index contributed by atoms with van der Waals surface area (Å²) in [5, 5.41) is 19.4. The summed E-state index contributed by atoms with van der Waals surface area (Å²) >= 11 is 1.79. The molecule has 0 saturated carbocycles. The van der Waals surface area contributed by atoms with Crippen LogP contribution in [0.2, 0.25) is 0 Å². The molecule has 1 N–H and O–H groups in total. The second kappa shape index (κ2) is 3.88. The van der Waals surface area contributed by atoms with Crippen molar-refractivity contribution in [1.82, 2.24) is 0 Å². The predicted octanol–water partition coefficient (Wildman–Crippen LogP) is 2.27. The van der Waals surface area contributed by atoms with Crippen molar-refractivity contribution in [2.75, 3.05) is 5.75 Å². The van der Waals surface area contributed by atoms with Gasteiger partial charge in [0.25, 0.3) is 0 Å². The lowest BCUT2D eigenvalue weighted by Crippen LogP contribution is -2.31. The highest BCUT2D eigenvalue weighted by molar-refractivity contribution is 8.00. The van der Waals surface area contributed by atoms with Crippen molar-refractivity contribution in [2.24, 2.45) is 0 Å². The first-order valence-corrected chi connectivity index (χ1v) is 6.06. The quantitative estimate of drug-likeness (QED) is 0.788. The molecule has 0 bridgehead atoms. The van der Waals surface area contributed by atoms with E-state index >= 15 is 0 Å². The number of hydrogen-bond acceptors (Lipinski definition) is 3. The minimum atomic E-state index is -0.710. The minimum Gasteiger partial charge on any atom is -0.384 e. The number of aliphatic hydroxyl groups is 1.